The van der Waals surface area contributed by atoms with E-state index < -0.39 is 0 Å². The minimum absolute atomic E-state index is 0.223. The van der Waals surface area contributed by atoms with Crippen molar-refractivity contribution in [2.75, 3.05) is 0 Å². The lowest BCUT2D eigenvalue weighted by Crippen LogP contribution is -2.03. The maximum atomic E-state index is 6.31. The van der Waals surface area contributed by atoms with Crippen LogP contribution in [0.1, 0.15) is 29.3 Å². The van der Waals surface area contributed by atoms with Crippen LogP contribution in [0.15, 0.2) is 30.5 Å². The summed E-state index contributed by atoms with van der Waals surface area (Å²) >= 11 is 12.6. The number of nitrogens with zero attached hydrogens (tertiary/aromatic N) is 3. The Morgan fingerprint density at radius 1 is 1.14 bits per heavy atom. The van der Waals surface area contributed by atoms with E-state index in [4.69, 9.17) is 23.2 Å². The van der Waals surface area contributed by atoms with E-state index in [1.54, 1.807) is 6.20 Å². The number of aromatic nitrogens is 3. The lowest BCUT2D eigenvalue weighted by Gasteiger charge is -2.11. The highest BCUT2D eigenvalue weighted by Gasteiger charge is 2.18. The van der Waals surface area contributed by atoms with Crippen LogP contribution >= 0.6 is 23.2 Å². The third-order valence-corrected chi connectivity index (χ3v) is 4.15. The molecule has 1 unspecified atom stereocenters. The number of aryl methyl sites for hydroxylation is 2. The van der Waals surface area contributed by atoms with E-state index in [1.165, 1.54) is 0 Å². The first kappa shape index (κ1) is 14.4. The van der Waals surface area contributed by atoms with Crippen molar-refractivity contribution >= 4 is 34.4 Å². The Labute approximate surface area is 133 Å². The molecule has 1 aromatic carbocycles. The van der Waals surface area contributed by atoms with Gasteiger partial charge in [-0.25, -0.2) is 9.97 Å². The quantitative estimate of drug-likeness (QED) is 0.623. The third kappa shape index (κ3) is 2.41. The smallest absolute Gasteiger partial charge is 0.164 e. The van der Waals surface area contributed by atoms with Crippen LogP contribution in [-0.4, -0.2) is 14.5 Å². The molecule has 0 saturated heterocycles. The Bertz CT molecular complexity index is 822. The molecule has 2 heterocycles. The zero-order chi connectivity index (χ0) is 15.1. The van der Waals surface area contributed by atoms with Crippen molar-refractivity contribution in [1.82, 2.24) is 14.5 Å². The van der Waals surface area contributed by atoms with Crippen LogP contribution in [0.2, 0.25) is 5.02 Å². The van der Waals surface area contributed by atoms with Crippen molar-refractivity contribution < 1.29 is 0 Å². The van der Waals surface area contributed by atoms with Gasteiger partial charge in [-0.05, 0) is 50.1 Å². The third-order valence-electron chi connectivity index (χ3n) is 3.54. The van der Waals surface area contributed by atoms with Gasteiger partial charge in [0.1, 0.15) is 11.3 Å². The lowest BCUT2D eigenvalue weighted by molar-refractivity contribution is 0.876. The molecule has 3 nitrogen and oxygen atoms in total. The van der Waals surface area contributed by atoms with Gasteiger partial charge >= 0.3 is 0 Å². The van der Waals surface area contributed by atoms with Crippen LogP contribution in [0.25, 0.3) is 16.9 Å². The fourth-order valence-electron chi connectivity index (χ4n) is 2.35. The predicted molar refractivity (Wildman–Crippen MR) is 87.6 cm³/mol. The molecule has 2 aromatic heterocycles. The number of hydrogen-bond acceptors (Lipinski definition) is 2. The van der Waals surface area contributed by atoms with Gasteiger partial charge in [0.25, 0.3) is 0 Å². The Balaban J connectivity index is 2.36. The molecule has 3 aromatic rings. The SMILES string of the molecule is Cc1ccc(-n2c(C(C)Cl)nc3c(C)ccnc32)cc1Cl. The number of hydrogen-bond donors (Lipinski definition) is 0. The lowest BCUT2D eigenvalue weighted by atomic mass is 10.2. The number of benzene rings is 1. The largest absolute Gasteiger partial charge is 0.279 e. The van der Waals surface area contributed by atoms with Crippen molar-refractivity contribution in [3.63, 3.8) is 0 Å². The molecule has 0 aliphatic rings. The zero-order valence-corrected chi connectivity index (χ0v) is 13.6. The molecule has 0 spiro atoms. The molecule has 0 N–H and O–H groups in total. The fourth-order valence-corrected chi connectivity index (χ4v) is 2.67. The monoisotopic (exact) mass is 319 g/mol. The topological polar surface area (TPSA) is 30.7 Å². The molecule has 21 heavy (non-hydrogen) atoms. The maximum Gasteiger partial charge on any atom is 0.164 e. The Morgan fingerprint density at radius 2 is 1.90 bits per heavy atom. The summed E-state index contributed by atoms with van der Waals surface area (Å²) in [5, 5.41) is 0.494. The van der Waals surface area contributed by atoms with Gasteiger partial charge in [0, 0.05) is 11.2 Å². The minimum Gasteiger partial charge on any atom is -0.279 e. The van der Waals surface area contributed by atoms with Gasteiger partial charge in [0.15, 0.2) is 5.65 Å². The van der Waals surface area contributed by atoms with Gasteiger partial charge < -0.3 is 0 Å². The molecule has 0 aliphatic heterocycles. The number of fused-ring (bicyclic) bond motifs is 1. The van der Waals surface area contributed by atoms with Crippen molar-refractivity contribution in [2.45, 2.75) is 26.1 Å². The van der Waals surface area contributed by atoms with Crippen molar-refractivity contribution in [1.29, 1.82) is 0 Å². The molecular formula is C16H15Cl2N3. The molecule has 108 valence electrons. The Morgan fingerprint density at radius 3 is 2.57 bits per heavy atom. The molecule has 5 heteroatoms. The standard InChI is InChI=1S/C16H15Cl2N3/c1-9-4-5-12(8-13(9)18)21-15(11(3)17)20-14-10(2)6-7-19-16(14)21/h4-8,11H,1-3H3. The number of halogens is 2. The normalized spacial score (nSPS) is 12.8. The summed E-state index contributed by atoms with van der Waals surface area (Å²) in [5.41, 5.74) is 4.72. The van der Waals surface area contributed by atoms with Gasteiger partial charge in [-0.3, -0.25) is 4.57 Å². The summed E-state index contributed by atoms with van der Waals surface area (Å²) < 4.78 is 1.98. The van der Waals surface area contributed by atoms with Crippen LogP contribution in [0.4, 0.5) is 0 Å². The molecule has 0 saturated carbocycles. The predicted octanol–water partition coefficient (Wildman–Crippen LogP) is 4.99. The van der Waals surface area contributed by atoms with E-state index in [-0.39, 0.29) is 5.38 Å². The van der Waals surface area contributed by atoms with E-state index in [9.17, 15) is 0 Å². The van der Waals surface area contributed by atoms with Gasteiger partial charge in [-0.1, -0.05) is 17.7 Å². The summed E-state index contributed by atoms with van der Waals surface area (Å²) in [6, 6.07) is 7.87. The summed E-state index contributed by atoms with van der Waals surface area (Å²) in [4.78, 5) is 9.14. The average Bonchev–Trinajstić information content (AvgIpc) is 2.83. The highest BCUT2D eigenvalue weighted by Crippen LogP contribution is 2.30. The Kier molecular flexibility index (Phi) is 3.64. The molecule has 1 atom stereocenters. The number of rotatable bonds is 2. The number of imidazole rings is 1. The number of pyridine rings is 1. The van der Waals surface area contributed by atoms with Gasteiger partial charge in [-0.2, -0.15) is 0 Å². The minimum atomic E-state index is -0.223. The second-order valence-corrected chi connectivity index (χ2v) is 6.22. The zero-order valence-electron chi connectivity index (χ0n) is 12.1. The summed E-state index contributed by atoms with van der Waals surface area (Å²) in [6.45, 7) is 5.90. The fraction of sp³-hybridized carbons (Fsp3) is 0.250. The van der Waals surface area contributed by atoms with Crippen LogP contribution in [0.5, 0.6) is 0 Å². The highest BCUT2D eigenvalue weighted by molar-refractivity contribution is 6.31. The van der Waals surface area contributed by atoms with Gasteiger partial charge in [0.2, 0.25) is 0 Å². The molecule has 0 aliphatic carbocycles. The van der Waals surface area contributed by atoms with E-state index in [0.29, 0.717) is 0 Å². The second-order valence-electron chi connectivity index (χ2n) is 5.15. The van der Waals surface area contributed by atoms with Crippen molar-refractivity contribution in [2.24, 2.45) is 0 Å². The van der Waals surface area contributed by atoms with Crippen LogP contribution in [0, 0.1) is 13.8 Å². The van der Waals surface area contributed by atoms with Gasteiger partial charge in [0.05, 0.1) is 11.1 Å². The first-order chi connectivity index (χ1) is 9.99. The van der Waals surface area contributed by atoms with Gasteiger partial charge in [-0.15, -0.1) is 11.6 Å². The van der Waals surface area contributed by atoms with Crippen molar-refractivity contribution in [3.8, 4) is 5.69 Å². The summed E-state index contributed by atoms with van der Waals surface area (Å²) in [5.74, 6) is 0.772. The average molecular weight is 320 g/mol. The van der Waals surface area contributed by atoms with E-state index >= 15 is 0 Å². The highest BCUT2D eigenvalue weighted by atomic mass is 35.5. The molecule has 0 fully saturated rings. The van der Waals surface area contributed by atoms with E-state index in [2.05, 4.69) is 9.97 Å². The van der Waals surface area contributed by atoms with Crippen LogP contribution in [-0.2, 0) is 0 Å². The molecule has 0 amide bonds. The van der Waals surface area contributed by atoms with Crippen LogP contribution in [0.3, 0.4) is 0 Å². The summed E-state index contributed by atoms with van der Waals surface area (Å²) in [7, 11) is 0. The Hall–Kier alpha value is -1.58. The second kappa shape index (κ2) is 5.32. The number of alkyl halides is 1. The molecule has 3 rings (SSSR count). The van der Waals surface area contributed by atoms with Crippen molar-refractivity contribution in [3.05, 3.63) is 52.4 Å². The van der Waals surface area contributed by atoms with Crippen LogP contribution < -0.4 is 0 Å². The van der Waals surface area contributed by atoms with E-state index in [1.807, 2.05) is 49.6 Å². The molecular weight excluding hydrogens is 305 g/mol. The van der Waals surface area contributed by atoms with E-state index in [0.717, 1.165) is 38.8 Å². The summed E-state index contributed by atoms with van der Waals surface area (Å²) in [6.07, 6.45) is 1.79. The molecule has 0 radical (unpaired) electrons. The molecule has 0 bridgehead atoms. The first-order valence-corrected chi connectivity index (χ1v) is 7.55. The first-order valence-electron chi connectivity index (χ1n) is 6.73. The maximum absolute atomic E-state index is 6.31.